The van der Waals surface area contributed by atoms with Crippen molar-refractivity contribution < 1.29 is 31.9 Å². The number of halogens is 1. The summed E-state index contributed by atoms with van der Waals surface area (Å²) in [6.45, 7) is 1.80. The minimum atomic E-state index is -3.84. The van der Waals surface area contributed by atoms with E-state index in [1.165, 1.54) is 22.5 Å². The van der Waals surface area contributed by atoms with E-state index in [2.05, 4.69) is 0 Å². The van der Waals surface area contributed by atoms with Crippen LogP contribution < -0.4 is 14.4 Å². The summed E-state index contributed by atoms with van der Waals surface area (Å²) in [7, 11) is -3.84. The maximum atomic E-state index is 13.5. The fourth-order valence-corrected chi connectivity index (χ4v) is 5.96. The van der Waals surface area contributed by atoms with Gasteiger partial charge in [0.1, 0.15) is 19.0 Å². The van der Waals surface area contributed by atoms with Gasteiger partial charge in [-0.2, -0.15) is 4.31 Å². The number of ether oxygens (including phenoxy) is 2. The van der Waals surface area contributed by atoms with Crippen LogP contribution in [0.25, 0.3) is 0 Å². The van der Waals surface area contributed by atoms with Crippen molar-refractivity contribution in [1.29, 1.82) is 0 Å². The zero-order valence-electron chi connectivity index (χ0n) is 18.4. The van der Waals surface area contributed by atoms with E-state index in [1.54, 1.807) is 28.0 Å². The lowest BCUT2D eigenvalue weighted by Gasteiger charge is -2.35. The molecule has 1 atom stereocenters. The fourth-order valence-electron chi connectivity index (χ4n) is 4.51. The van der Waals surface area contributed by atoms with Crippen LogP contribution in [0.2, 0.25) is 0 Å². The molecule has 2 aromatic carbocycles. The van der Waals surface area contributed by atoms with E-state index in [-0.39, 0.29) is 55.9 Å². The zero-order valence-corrected chi connectivity index (χ0v) is 19.2. The molecule has 0 spiro atoms. The van der Waals surface area contributed by atoms with Crippen LogP contribution in [0.4, 0.5) is 10.1 Å². The first kappa shape index (κ1) is 22.6. The van der Waals surface area contributed by atoms with Gasteiger partial charge in [0.15, 0.2) is 11.5 Å². The predicted molar refractivity (Wildman–Crippen MR) is 120 cm³/mol. The van der Waals surface area contributed by atoms with Gasteiger partial charge in [0.25, 0.3) is 0 Å². The van der Waals surface area contributed by atoms with Crippen LogP contribution in [-0.2, 0) is 19.6 Å². The maximum absolute atomic E-state index is 13.5. The lowest BCUT2D eigenvalue weighted by atomic mass is 10.1. The maximum Gasteiger partial charge on any atom is 0.243 e. The highest BCUT2D eigenvalue weighted by molar-refractivity contribution is 7.89. The fraction of sp³-hybridized carbons (Fsp3) is 0.391. The molecule has 3 aliphatic rings. The minimum absolute atomic E-state index is 0.0923. The number of amides is 2. The summed E-state index contributed by atoms with van der Waals surface area (Å²) in [6, 6.07) is 10.2. The quantitative estimate of drug-likeness (QED) is 0.646. The molecular weight excluding hydrogens is 465 g/mol. The number of carbonyl (C=O) groups is 2. The number of anilines is 1. The third-order valence-corrected chi connectivity index (χ3v) is 8.19. The van der Waals surface area contributed by atoms with Crippen molar-refractivity contribution in [3.05, 3.63) is 48.3 Å². The second-order valence-corrected chi connectivity index (χ2v) is 10.4. The molecule has 0 aliphatic carbocycles. The van der Waals surface area contributed by atoms with Gasteiger partial charge in [-0.25, -0.2) is 12.8 Å². The Morgan fingerprint density at radius 3 is 2.44 bits per heavy atom. The van der Waals surface area contributed by atoms with Crippen LogP contribution in [0.3, 0.4) is 0 Å². The number of rotatable bonds is 4. The molecule has 0 radical (unpaired) electrons. The number of sulfonamides is 1. The highest BCUT2D eigenvalue weighted by Crippen LogP contribution is 2.36. The van der Waals surface area contributed by atoms with Crippen LogP contribution in [0.1, 0.15) is 6.42 Å². The van der Waals surface area contributed by atoms with Crippen LogP contribution in [-0.4, -0.2) is 75.4 Å². The predicted octanol–water partition coefficient (Wildman–Crippen LogP) is 1.48. The molecule has 0 unspecified atom stereocenters. The van der Waals surface area contributed by atoms with Gasteiger partial charge < -0.3 is 19.3 Å². The van der Waals surface area contributed by atoms with Gasteiger partial charge in [0, 0.05) is 50.9 Å². The van der Waals surface area contributed by atoms with Crippen molar-refractivity contribution >= 4 is 27.5 Å². The Hall–Kier alpha value is -3.18. The number of fused-ring (bicyclic) bond motifs is 1. The van der Waals surface area contributed by atoms with Crippen molar-refractivity contribution in [2.75, 3.05) is 50.8 Å². The summed E-state index contributed by atoms with van der Waals surface area (Å²) in [4.78, 5) is 28.9. The second-order valence-electron chi connectivity index (χ2n) is 8.42. The summed E-state index contributed by atoms with van der Waals surface area (Å²) in [6.07, 6.45) is 0.0923. The van der Waals surface area contributed by atoms with E-state index in [0.717, 1.165) is 6.07 Å². The Labute approximate surface area is 196 Å². The van der Waals surface area contributed by atoms with Gasteiger partial charge >= 0.3 is 0 Å². The lowest BCUT2D eigenvalue weighted by Crippen LogP contribution is -2.52. The van der Waals surface area contributed by atoms with E-state index in [9.17, 15) is 22.4 Å². The summed E-state index contributed by atoms with van der Waals surface area (Å²) >= 11 is 0. The van der Waals surface area contributed by atoms with Crippen molar-refractivity contribution in [3.8, 4) is 11.5 Å². The molecule has 0 saturated carbocycles. The molecule has 5 rings (SSSR count). The lowest BCUT2D eigenvalue weighted by molar-refractivity contribution is -0.136. The number of nitrogens with zero attached hydrogens (tertiary/aromatic N) is 3. The first-order valence-corrected chi connectivity index (χ1v) is 12.5. The molecule has 9 nitrogen and oxygen atoms in total. The van der Waals surface area contributed by atoms with Crippen molar-refractivity contribution in [2.24, 2.45) is 5.92 Å². The topological polar surface area (TPSA) is 96.5 Å². The number of carbonyl (C=O) groups excluding carboxylic acids is 2. The van der Waals surface area contributed by atoms with Gasteiger partial charge in [0.05, 0.1) is 10.8 Å². The monoisotopic (exact) mass is 489 g/mol. The largest absolute Gasteiger partial charge is 0.486 e. The molecule has 3 aliphatic heterocycles. The molecule has 2 aromatic rings. The smallest absolute Gasteiger partial charge is 0.243 e. The first-order valence-electron chi connectivity index (χ1n) is 11.1. The SMILES string of the molecule is O=C([C@H]1CC(=O)N(c2ccc3c(c2)OCCO3)C1)N1CCN(S(=O)(=O)c2cccc(F)c2)CC1. The number of hydrogen-bond donors (Lipinski definition) is 0. The van der Waals surface area contributed by atoms with Gasteiger partial charge in [-0.05, 0) is 30.3 Å². The molecular formula is C23H24FN3O6S. The second kappa shape index (κ2) is 8.88. The number of benzene rings is 2. The average molecular weight is 490 g/mol. The highest BCUT2D eigenvalue weighted by atomic mass is 32.2. The van der Waals surface area contributed by atoms with Gasteiger partial charge in [-0.1, -0.05) is 6.07 Å². The number of hydrogen-bond acceptors (Lipinski definition) is 6. The molecule has 0 bridgehead atoms. The average Bonchev–Trinajstić information content (AvgIpc) is 3.25. The summed E-state index contributed by atoms with van der Waals surface area (Å²) < 4.78 is 51.5. The van der Waals surface area contributed by atoms with E-state index in [4.69, 9.17) is 9.47 Å². The van der Waals surface area contributed by atoms with E-state index < -0.39 is 21.8 Å². The zero-order chi connectivity index (χ0) is 23.9. The molecule has 2 saturated heterocycles. The molecule has 0 aromatic heterocycles. The van der Waals surface area contributed by atoms with Gasteiger partial charge in [-0.15, -0.1) is 0 Å². The summed E-state index contributed by atoms with van der Waals surface area (Å²) in [5.74, 6) is -0.253. The third-order valence-electron chi connectivity index (χ3n) is 6.30. The highest BCUT2D eigenvalue weighted by Gasteiger charge is 2.39. The van der Waals surface area contributed by atoms with Crippen LogP contribution in [0, 0.1) is 11.7 Å². The Bertz CT molecular complexity index is 1230. The van der Waals surface area contributed by atoms with Crippen LogP contribution in [0.5, 0.6) is 11.5 Å². The van der Waals surface area contributed by atoms with E-state index in [0.29, 0.717) is 30.4 Å². The van der Waals surface area contributed by atoms with Gasteiger partial charge in [-0.3, -0.25) is 9.59 Å². The van der Waals surface area contributed by atoms with Gasteiger partial charge in [0.2, 0.25) is 21.8 Å². The molecule has 2 fully saturated rings. The minimum Gasteiger partial charge on any atom is -0.486 e. The number of piperazine rings is 1. The summed E-state index contributed by atoms with van der Waals surface area (Å²) in [5.41, 5.74) is 0.649. The van der Waals surface area contributed by atoms with Crippen LogP contribution >= 0.6 is 0 Å². The molecule has 11 heteroatoms. The molecule has 34 heavy (non-hydrogen) atoms. The van der Waals surface area contributed by atoms with E-state index >= 15 is 0 Å². The van der Waals surface area contributed by atoms with Crippen LogP contribution in [0.15, 0.2) is 47.4 Å². The summed E-state index contributed by atoms with van der Waals surface area (Å²) in [5, 5.41) is 0. The van der Waals surface area contributed by atoms with Crippen molar-refractivity contribution in [3.63, 3.8) is 0 Å². The molecule has 180 valence electrons. The standard InChI is InChI=1S/C23H24FN3O6S/c24-17-2-1-3-19(13-17)34(30,31)26-8-6-25(7-9-26)23(29)16-12-22(28)27(15-16)18-4-5-20-21(14-18)33-11-10-32-20/h1-5,13-14,16H,6-12,15H2/t16-/m0/s1. The van der Waals surface area contributed by atoms with E-state index in [1.807, 2.05) is 0 Å². The van der Waals surface area contributed by atoms with Crippen molar-refractivity contribution in [2.45, 2.75) is 11.3 Å². The first-order chi connectivity index (χ1) is 16.3. The Balaban J connectivity index is 1.22. The normalized spacial score (nSPS) is 21.1. The Morgan fingerprint density at radius 1 is 0.971 bits per heavy atom. The third kappa shape index (κ3) is 4.21. The molecule has 0 N–H and O–H groups in total. The molecule has 2 amide bonds. The Kier molecular flexibility index (Phi) is 5.90. The molecule has 3 heterocycles. The van der Waals surface area contributed by atoms with Crippen molar-refractivity contribution in [1.82, 2.24) is 9.21 Å². The Morgan fingerprint density at radius 2 is 1.71 bits per heavy atom.